The van der Waals surface area contributed by atoms with E-state index in [0.29, 0.717) is 16.3 Å². The lowest BCUT2D eigenvalue weighted by Gasteiger charge is -1.88. The zero-order chi connectivity index (χ0) is 7.11. The highest BCUT2D eigenvalue weighted by atomic mass is 35.5. The van der Waals surface area contributed by atoms with Crippen molar-refractivity contribution in [2.45, 2.75) is 26.2 Å². The Labute approximate surface area is 63.8 Å². The van der Waals surface area contributed by atoms with Gasteiger partial charge in [0.2, 0.25) is 0 Å². The van der Waals surface area contributed by atoms with Crippen molar-refractivity contribution in [3.8, 4) is 0 Å². The third-order valence-electron chi connectivity index (χ3n) is 0.902. The quantitative estimate of drug-likeness (QED) is 0.583. The summed E-state index contributed by atoms with van der Waals surface area (Å²) in [5.74, 6) is 0. The third-order valence-corrected chi connectivity index (χ3v) is 1.63. The molecule has 0 rings (SSSR count). The van der Waals surface area contributed by atoms with Crippen LogP contribution in [0.5, 0.6) is 0 Å². The summed E-state index contributed by atoms with van der Waals surface area (Å²) < 4.78 is 9.80. The molecule has 3 heteroatoms. The molecule has 0 spiro atoms. The average molecular weight is 165 g/mol. The van der Waals surface area contributed by atoms with Crippen LogP contribution in [0.25, 0.3) is 0 Å². The van der Waals surface area contributed by atoms with Crippen LogP contribution in [0.2, 0.25) is 0 Å². The minimum absolute atomic E-state index is 0.291. The van der Waals surface area contributed by atoms with Crippen LogP contribution >= 0.6 is 11.6 Å². The topological polar surface area (TPSA) is 17.1 Å². The van der Waals surface area contributed by atoms with Gasteiger partial charge in [0.1, 0.15) is 11.3 Å². The molecule has 0 aromatic heterocycles. The van der Waals surface area contributed by atoms with Gasteiger partial charge >= 0.3 is 0 Å². The van der Waals surface area contributed by atoms with Crippen LogP contribution in [0.1, 0.15) is 26.2 Å². The molecule has 1 nitrogen and oxygen atoms in total. The summed E-state index contributed by atoms with van der Waals surface area (Å²) in [6, 6.07) is 0. The largest absolute Gasteiger partial charge is 0.203 e. The summed E-state index contributed by atoms with van der Waals surface area (Å²) in [7, 11) is 0. The Hall–Kier alpha value is -0.0400. The Morgan fingerprint density at radius 3 is 2.89 bits per heavy atom. The maximum atomic E-state index is 9.80. The molecule has 0 bridgehead atoms. The molecule has 0 N–H and O–H groups in total. The number of halogens is 1. The molecule has 52 valence electrons. The number of allylic oxidation sites excluding steroid dienone is 1. The molecular weight excluding hydrogens is 156 g/mol. The van der Waals surface area contributed by atoms with Crippen molar-refractivity contribution in [2.75, 3.05) is 0 Å². The molecule has 0 aliphatic heterocycles. The fraction of sp³-hybridized carbons (Fsp3) is 0.667. The van der Waals surface area contributed by atoms with Gasteiger partial charge in [-0.15, -0.1) is 0 Å². The van der Waals surface area contributed by atoms with Crippen LogP contribution in [0.4, 0.5) is 0 Å². The second kappa shape index (κ2) is 6.09. The van der Waals surface area contributed by atoms with Crippen molar-refractivity contribution >= 4 is 27.9 Å². The van der Waals surface area contributed by atoms with Crippen molar-refractivity contribution < 1.29 is 4.21 Å². The highest BCUT2D eigenvalue weighted by molar-refractivity contribution is 7.64. The fourth-order valence-corrected chi connectivity index (χ4v) is 0.849. The normalized spacial score (nSPS) is 8.22. The van der Waals surface area contributed by atoms with Gasteiger partial charge in [0.25, 0.3) is 0 Å². The number of hydrogen-bond donors (Lipinski definition) is 0. The summed E-state index contributed by atoms with van der Waals surface area (Å²) in [6.45, 7) is 2.08. The highest BCUT2D eigenvalue weighted by Gasteiger charge is 1.87. The Kier molecular flexibility index (Phi) is 6.06. The molecule has 0 aromatic rings. The fourth-order valence-electron chi connectivity index (χ4n) is 0.428. The zero-order valence-corrected chi connectivity index (χ0v) is 6.89. The van der Waals surface area contributed by atoms with E-state index in [9.17, 15) is 4.21 Å². The molecule has 0 unspecified atom stereocenters. The molecule has 0 fully saturated rings. The van der Waals surface area contributed by atoms with Gasteiger partial charge in [0.15, 0.2) is 0 Å². The highest BCUT2D eigenvalue weighted by Crippen LogP contribution is 2.06. The average Bonchev–Trinajstić information content (AvgIpc) is 1.85. The van der Waals surface area contributed by atoms with Gasteiger partial charge in [-0.25, -0.2) is 4.21 Å². The first-order chi connectivity index (χ1) is 4.31. The summed E-state index contributed by atoms with van der Waals surface area (Å²) in [5.41, 5.74) is 0. The number of hydrogen-bond acceptors (Lipinski definition) is 1. The van der Waals surface area contributed by atoms with Gasteiger partial charge in [0.05, 0.1) is 5.03 Å². The summed E-state index contributed by atoms with van der Waals surface area (Å²) in [4.78, 5) is 0. The lowest BCUT2D eigenvalue weighted by atomic mass is 10.2. The summed E-state index contributed by atoms with van der Waals surface area (Å²) in [5, 5.41) is 2.98. The maximum Gasteiger partial charge on any atom is 0.143 e. The number of rotatable bonds is 3. The Morgan fingerprint density at radius 2 is 2.44 bits per heavy atom. The van der Waals surface area contributed by atoms with E-state index in [1.807, 2.05) is 0 Å². The van der Waals surface area contributed by atoms with E-state index in [-0.39, 0.29) is 0 Å². The Morgan fingerprint density at radius 1 is 1.78 bits per heavy atom. The SMILES string of the molecule is CCCCC(Cl)=C=S=O. The minimum Gasteiger partial charge on any atom is -0.203 e. The molecule has 0 aromatic carbocycles. The van der Waals surface area contributed by atoms with Crippen LogP contribution in [-0.4, -0.2) is 9.23 Å². The Balaban J connectivity index is 3.63. The molecule has 0 aliphatic carbocycles. The Bertz CT molecular complexity index is 154. The van der Waals surface area contributed by atoms with Gasteiger partial charge < -0.3 is 0 Å². The monoisotopic (exact) mass is 164 g/mol. The van der Waals surface area contributed by atoms with E-state index in [1.54, 1.807) is 0 Å². The third kappa shape index (κ3) is 5.84. The van der Waals surface area contributed by atoms with E-state index in [4.69, 9.17) is 11.6 Å². The lowest BCUT2D eigenvalue weighted by molar-refractivity contribution is 0.701. The lowest BCUT2D eigenvalue weighted by Crippen LogP contribution is -1.73. The molecule has 9 heavy (non-hydrogen) atoms. The van der Waals surface area contributed by atoms with Crippen LogP contribution in [0.15, 0.2) is 5.03 Å². The molecule has 0 saturated carbocycles. The van der Waals surface area contributed by atoms with E-state index < -0.39 is 0 Å². The smallest absolute Gasteiger partial charge is 0.143 e. The standard InChI is InChI=1S/C6H9ClOS/c1-2-3-4-6(7)5-9-8/h2-4H2,1H3. The first-order valence-corrected chi connectivity index (χ1v) is 3.99. The first kappa shape index (κ1) is 8.96. The van der Waals surface area contributed by atoms with Gasteiger partial charge in [-0.2, -0.15) is 0 Å². The first-order valence-electron chi connectivity index (χ1n) is 2.87. The van der Waals surface area contributed by atoms with Crippen molar-refractivity contribution in [1.82, 2.24) is 0 Å². The van der Waals surface area contributed by atoms with Gasteiger partial charge in [-0.1, -0.05) is 24.9 Å². The van der Waals surface area contributed by atoms with Crippen molar-refractivity contribution in [2.24, 2.45) is 0 Å². The summed E-state index contributed by atoms with van der Waals surface area (Å²) >= 11 is 5.84. The molecule has 0 aliphatic rings. The predicted molar refractivity (Wildman–Crippen MR) is 42.0 cm³/mol. The molecule has 0 amide bonds. The molecule has 0 atom stereocenters. The van der Waals surface area contributed by atoms with E-state index in [2.05, 4.69) is 11.9 Å². The number of unbranched alkanes of at least 4 members (excludes halogenated alkanes) is 1. The van der Waals surface area contributed by atoms with Gasteiger partial charge in [-0.3, -0.25) is 0 Å². The summed E-state index contributed by atoms with van der Waals surface area (Å²) in [6.07, 6.45) is 2.92. The van der Waals surface area contributed by atoms with E-state index in [0.717, 1.165) is 19.3 Å². The van der Waals surface area contributed by atoms with Crippen molar-refractivity contribution in [3.05, 3.63) is 5.03 Å². The van der Waals surface area contributed by atoms with Gasteiger partial charge in [0, 0.05) is 5.02 Å². The van der Waals surface area contributed by atoms with Crippen molar-refractivity contribution in [1.29, 1.82) is 0 Å². The second-order valence-corrected chi connectivity index (χ2v) is 2.52. The van der Waals surface area contributed by atoms with E-state index >= 15 is 0 Å². The second-order valence-electron chi connectivity index (χ2n) is 1.69. The molecule has 0 heterocycles. The van der Waals surface area contributed by atoms with Crippen LogP contribution < -0.4 is 0 Å². The molecular formula is C6H9ClOS. The predicted octanol–water partition coefficient (Wildman–Crippen LogP) is 1.91. The zero-order valence-electron chi connectivity index (χ0n) is 5.32. The van der Waals surface area contributed by atoms with E-state index in [1.165, 1.54) is 0 Å². The van der Waals surface area contributed by atoms with Crippen LogP contribution in [-0.2, 0) is 11.3 Å². The van der Waals surface area contributed by atoms with Crippen LogP contribution in [0, 0.1) is 0 Å². The minimum atomic E-state index is 0.291. The van der Waals surface area contributed by atoms with Crippen LogP contribution in [0.3, 0.4) is 0 Å². The maximum absolute atomic E-state index is 9.80. The molecule has 0 radical (unpaired) electrons. The van der Waals surface area contributed by atoms with Crippen molar-refractivity contribution in [3.63, 3.8) is 0 Å². The van der Waals surface area contributed by atoms with Gasteiger partial charge in [-0.05, 0) is 12.8 Å². The molecule has 0 saturated heterocycles.